The van der Waals surface area contributed by atoms with Gasteiger partial charge in [-0.15, -0.1) is 0 Å². The fourth-order valence-corrected chi connectivity index (χ4v) is 4.40. The molecule has 4 nitrogen and oxygen atoms in total. The van der Waals surface area contributed by atoms with Gasteiger partial charge in [0.2, 0.25) is 0 Å². The first kappa shape index (κ1) is 21.9. The standard InChI is InChI=1S/C22H33F3N4/c1-16(2)29-12-8-19(9-13-29)28-20(26-3)27-15-21(10-5-11-21)17-6-4-7-18(14-17)22(23,24)25/h4,6-7,14,16,19H,5,8-13,15H2,1-3H3,(H2,26,27,28). The van der Waals surface area contributed by atoms with Crippen molar-refractivity contribution in [2.75, 3.05) is 26.7 Å². The van der Waals surface area contributed by atoms with Crippen molar-refractivity contribution >= 4 is 5.96 Å². The van der Waals surface area contributed by atoms with Gasteiger partial charge >= 0.3 is 6.18 Å². The third-order valence-corrected chi connectivity index (χ3v) is 6.53. The van der Waals surface area contributed by atoms with Gasteiger partial charge in [0.25, 0.3) is 0 Å². The lowest BCUT2D eigenvalue weighted by atomic mass is 9.64. The molecule has 0 radical (unpaired) electrons. The molecule has 0 spiro atoms. The number of rotatable bonds is 5. The zero-order valence-corrected chi connectivity index (χ0v) is 17.6. The van der Waals surface area contributed by atoms with Crippen LogP contribution in [0.4, 0.5) is 13.2 Å². The summed E-state index contributed by atoms with van der Waals surface area (Å²) < 4.78 is 39.4. The lowest BCUT2D eigenvalue weighted by Gasteiger charge is -2.43. The fourth-order valence-electron chi connectivity index (χ4n) is 4.40. The van der Waals surface area contributed by atoms with Crippen molar-refractivity contribution in [1.82, 2.24) is 15.5 Å². The smallest absolute Gasteiger partial charge is 0.356 e. The van der Waals surface area contributed by atoms with Gasteiger partial charge in [0.15, 0.2) is 5.96 Å². The van der Waals surface area contributed by atoms with Crippen LogP contribution in [0.5, 0.6) is 0 Å². The van der Waals surface area contributed by atoms with Crippen molar-refractivity contribution in [2.45, 2.75) is 69.6 Å². The van der Waals surface area contributed by atoms with Crippen LogP contribution in [0.3, 0.4) is 0 Å². The molecule has 1 aromatic carbocycles. The van der Waals surface area contributed by atoms with Crippen LogP contribution in [-0.2, 0) is 11.6 Å². The Morgan fingerprint density at radius 1 is 1.24 bits per heavy atom. The molecule has 2 N–H and O–H groups in total. The maximum absolute atomic E-state index is 13.1. The van der Waals surface area contributed by atoms with Gasteiger partial charge in [0.05, 0.1) is 5.56 Å². The van der Waals surface area contributed by atoms with E-state index in [0.717, 1.165) is 62.8 Å². The van der Waals surface area contributed by atoms with Crippen molar-refractivity contribution in [3.05, 3.63) is 35.4 Å². The molecule has 2 aliphatic rings. The number of guanidine groups is 1. The first-order chi connectivity index (χ1) is 13.7. The Balaban J connectivity index is 1.60. The second-order valence-electron chi connectivity index (χ2n) is 8.69. The van der Waals surface area contributed by atoms with Gasteiger partial charge in [0.1, 0.15) is 0 Å². The fraction of sp³-hybridized carbons (Fsp3) is 0.682. The van der Waals surface area contributed by atoms with Gasteiger partial charge in [-0.1, -0.05) is 24.6 Å². The number of benzene rings is 1. The Kier molecular flexibility index (Phi) is 6.76. The molecule has 0 unspecified atom stereocenters. The zero-order chi connectivity index (χ0) is 21.1. The molecule has 2 fully saturated rings. The van der Waals surface area contributed by atoms with Gasteiger partial charge in [0, 0.05) is 44.2 Å². The van der Waals surface area contributed by atoms with Crippen LogP contribution in [-0.4, -0.2) is 49.6 Å². The summed E-state index contributed by atoms with van der Waals surface area (Å²) in [6, 6.07) is 6.76. The van der Waals surface area contributed by atoms with Crippen LogP contribution in [0, 0.1) is 0 Å². The van der Waals surface area contributed by atoms with E-state index >= 15 is 0 Å². The molecule has 7 heteroatoms. The van der Waals surface area contributed by atoms with Crippen LogP contribution in [0.15, 0.2) is 29.3 Å². The van der Waals surface area contributed by atoms with Crippen molar-refractivity contribution in [1.29, 1.82) is 0 Å². The summed E-state index contributed by atoms with van der Waals surface area (Å²) in [6.45, 7) is 7.18. The van der Waals surface area contributed by atoms with Gasteiger partial charge < -0.3 is 15.5 Å². The van der Waals surface area contributed by atoms with Gasteiger partial charge in [-0.25, -0.2) is 0 Å². The molecule has 1 heterocycles. The topological polar surface area (TPSA) is 39.7 Å². The molecule has 0 atom stereocenters. The number of nitrogens with one attached hydrogen (secondary N) is 2. The maximum Gasteiger partial charge on any atom is 0.416 e. The maximum atomic E-state index is 13.1. The Morgan fingerprint density at radius 2 is 1.93 bits per heavy atom. The normalized spacial score (nSPS) is 21.1. The quantitative estimate of drug-likeness (QED) is 0.566. The highest BCUT2D eigenvalue weighted by Gasteiger charge is 2.40. The number of alkyl halides is 3. The number of piperidine rings is 1. The largest absolute Gasteiger partial charge is 0.416 e. The molecule has 1 aromatic rings. The van der Waals surface area contributed by atoms with Crippen molar-refractivity contribution in [2.24, 2.45) is 4.99 Å². The zero-order valence-electron chi connectivity index (χ0n) is 17.6. The highest BCUT2D eigenvalue weighted by molar-refractivity contribution is 5.80. The number of aliphatic imine (C=N–C) groups is 1. The first-order valence-electron chi connectivity index (χ1n) is 10.6. The molecule has 29 heavy (non-hydrogen) atoms. The number of hydrogen-bond donors (Lipinski definition) is 2. The van der Waals surface area contributed by atoms with Gasteiger partial charge in [-0.05, 0) is 51.2 Å². The van der Waals surface area contributed by atoms with Crippen LogP contribution >= 0.6 is 0 Å². The molecule has 0 amide bonds. The van der Waals surface area contributed by atoms with E-state index in [2.05, 4.69) is 34.4 Å². The molecule has 3 rings (SSSR count). The second kappa shape index (κ2) is 8.94. The number of hydrogen-bond acceptors (Lipinski definition) is 2. The van der Waals surface area contributed by atoms with Crippen LogP contribution in [0.25, 0.3) is 0 Å². The monoisotopic (exact) mass is 410 g/mol. The van der Waals surface area contributed by atoms with E-state index in [1.165, 1.54) is 12.1 Å². The van der Waals surface area contributed by atoms with Gasteiger partial charge in [-0.3, -0.25) is 4.99 Å². The predicted molar refractivity (Wildman–Crippen MR) is 111 cm³/mol. The molecule has 162 valence electrons. The highest BCUT2D eigenvalue weighted by atomic mass is 19.4. The molecule has 1 saturated carbocycles. The summed E-state index contributed by atoms with van der Waals surface area (Å²) in [4.78, 5) is 6.83. The third kappa shape index (κ3) is 5.24. The van der Waals surface area contributed by atoms with Crippen LogP contribution in [0.2, 0.25) is 0 Å². The van der Waals surface area contributed by atoms with Crippen LogP contribution < -0.4 is 10.6 Å². The number of halogens is 3. The van der Waals surface area contributed by atoms with Crippen molar-refractivity contribution < 1.29 is 13.2 Å². The van der Waals surface area contributed by atoms with E-state index in [1.807, 2.05) is 6.07 Å². The molecule has 0 aromatic heterocycles. The SMILES string of the molecule is CN=C(NCC1(c2cccc(C(F)(F)F)c2)CCC1)NC1CCN(C(C)C)CC1. The minimum Gasteiger partial charge on any atom is -0.356 e. The summed E-state index contributed by atoms with van der Waals surface area (Å²) >= 11 is 0. The summed E-state index contributed by atoms with van der Waals surface area (Å²) in [5.41, 5.74) is -0.0488. The van der Waals surface area contributed by atoms with E-state index in [-0.39, 0.29) is 5.41 Å². The minimum absolute atomic E-state index is 0.250. The summed E-state index contributed by atoms with van der Waals surface area (Å²) in [7, 11) is 1.75. The summed E-state index contributed by atoms with van der Waals surface area (Å²) in [5, 5.41) is 6.90. The summed E-state index contributed by atoms with van der Waals surface area (Å²) in [6.07, 6.45) is 0.653. The first-order valence-corrected chi connectivity index (χ1v) is 10.6. The molecule has 0 bridgehead atoms. The average Bonchev–Trinajstić information content (AvgIpc) is 2.66. The third-order valence-electron chi connectivity index (χ3n) is 6.53. The lowest BCUT2D eigenvalue weighted by molar-refractivity contribution is -0.137. The average molecular weight is 411 g/mol. The Labute approximate surface area is 172 Å². The molecular formula is C22H33F3N4. The van der Waals surface area contributed by atoms with E-state index in [9.17, 15) is 13.2 Å². The number of likely N-dealkylation sites (tertiary alicyclic amines) is 1. The van der Waals surface area contributed by atoms with E-state index in [1.54, 1.807) is 7.05 Å². The van der Waals surface area contributed by atoms with Gasteiger partial charge in [-0.2, -0.15) is 13.2 Å². The molecular weight excluding hydrogens is 377 g/mol. The Morgan fingerprint density at radius 3 is 2.45 bits per heavy atom. The Bertz CT molecular complexity index is 702. The lowest BCUT2D eigenvalue weighted by Crippen LogP contribution is -2.53. The van der Waals surface area contributed by atoms with Crippen molar-refractivity contribution in [3.63, 3.8) is 0 Å². The highest BCUT2D eigenvalue weighted by Crippen LogP contribution is 2.44. The molecule has 1 saturated heterocycles. The predicted octanol–water partition coefficient (Wildman–Crippen LogP) is 4.16. The second-order valence-corrected chi connectivity index (χ2v) is 8.69. The van der Waals surface area contributed by atoms with Crippen molar-refractivity contribution in [3.8, 4) is 0 Å². The van der Waals surface area contributed by atoms with E-state index < -0.39 is 11.7 Å². The number of nitrogens with zero attached hydrogens (tertiary/aromatic N) is 2. The van der Waals surface area contributed by atoms with E-state index in [0.29, 0.717) is 18.6 Å². The van der Waals surface area contributed by atoms with Crippen LogP contribution in [0.1, 0.15) is 57.1 Å². The molecule has 1 aliphatic carbocycles. The molecule has 1 aliphatic heterocycles. The van der Waals surface area contributed by atoms with E-state index in [4.69, 9.17) is 0 Å². The minimum atomic E-state index is -4.31. The Hall–Kier alpha value is -1.76. The summed E-state index contributed by atoms with van der Waals surface area (Å²) in [5.74, 6) is 0.742.